The lowest BCUT2D eigenvalue weighted by Gasteiger charge is -2.43. The molecule has 0 amide bonds. The molecule has 0 radical (unpaired) electrons. The zero-order valence-electron chi connectivity index (χ0n) is 19.2. The van der Waals surface area contributed by atoms with Gasteiger partial charge in [0.1, 0.15) is 5.76 Å². The molecular weight excluding hydrogens is 404 g/mol. The fourth-order valence-corrected chi connectivity index (χ4v) is 9.05. The summed E-state index contributed by atoms with van der Waals surface area (Å²) in [7, 11) is -2.55. The Balaban J connectivity index is 1.81. The molecule has 1 heterocycles. The van der Waals surface area contributed by atoms with E-state index in [-0.39, 0.29) is 16.7 Å². The van der Waals surface area contributed by atoms with Crippen LogP contribution in [0.15, 0.2) is 72.0 Å². The normalized spacial score (nSPS) is 18.2. The van der Waals surface area contributed by atoms with Crippen molar-refractivity contribution in [1.82, 2.24) is 0 Å². The standard InChI is InChI=1S/C26H34O4Si/c1-19(16-17-23-24(27)20(2)25(28)30-23)18-29-31(26(3,4)5,21-12-8-6-9-13-21)22-14-10-7-11-15-22/h6-15,19,23,27H,16-18H2,1-5H3. The molecule has 2 aromatic carbocycles. The summed E-state index contributed by atoms with van der Waals surface area (Å²) in [6.45, 7) is 11.2. The summed E-state index contributed by atoms with van der Waals surface area (Å²) in [4.78, 5) is 11.7. The molecule has 31 heavy (non-hydrogen) atoms. The van der Waals surface area contributed by atoms with Crippen LogP contribution in [0.1, 0.15) is 47.5 Å². The zero-order valence-corrected chi connectivity index (χ0v) is 20.2. The van der Waals surface area contributed by atoms with E-state index in [2.05, 4.69) is 76.2 Å². The number of benzene rings is 2. The Morgan fingerprint density at radius 2 is 1.55 bits per heavy atom. The molecule has 2 atom stereocenters. The zero-order chi connectivity index (χ0) is 22.6. The Kier molecular flexibility index (Phi) is 7.07. The quantitative estimate of drug-likeness (QED) is 0.478. The van der Waals surface area contributed by atoms with Gasteiger partial charge in [0.15, 0.2) is 6.10 Å². The summed E-state index contributed by atoms with van der Waals surface area (Å²) >= 11 is 0. The number of cyclic esters (lactones) is 1. The van der Waals surface area contributed by atoms with Gasteiger partial charge in [0.2, 0.25) is 0 Å². The van der Waals surface area contributed by atoms with Crippen LogP contribution >= 0.6 is 0 Å². The first kappa shape index (κ1) is 23.3. The highest BCUT2D eigenvalue weighted by Gasteiger charge is 2.50. The third kappa shape index (κ3) is 4.78. The van der Waals surface area contributed by atoms with Crippen LogP contribution in [0.5, 0.6) is 0 Å². The first-order valence-corrected chi connectivity index (χ1v) is 12.9. The molecule has 0 aliphatic carbocycles. The Hall–Kier alpha value is -2.37. The maximum atomic E-state index is 11.7. The van der Waals surface area contributed by atoms with Crippen LogP contribution in [0.2, 0.25) is 5.04 Å². The first-order valence-electron chi connectivity index (χ1n) is 11.0. The minimum Gasteiger partial charge on any atom is -0.508 e. The van der Waals surface area contributed by atoms with E-state index in [0.717, 1.165) is 6.42 Å². The summed E-state index contributed by atoms with van der Waals surface area (Å²) in [5, 5.41) is 12.6. The van der Waals surface area contributed by atoms with E-state index in [1.165, 1.54) is 10.4 Å². The van der Waals surface area contributed by atoms with E-state index in [4.69, 9.17) is 9.16 Å². The minimum absolute atomic E-state index is 0.0610. The van der Waals surface area contributed by atoms with Crippen molar-refractivity contribution in [2.45, 2.75) is 58.6 Å². The van der Waals surface area contributed by atoms with E-state index < -0.39 is 20.4 Å². The molecule has 0 bridgehead atoms. The van der Waals surface area contributed by atoms with Gasteiger partial charge in [0.05, 0.1) is 5.57 Å². The van der Waals surface area contributed by atoms with Crippen molar-refractivity contribution in [1.29, 1.82) is 0 Å². The number of esters is 1. The minimum atomic E-state index is -2.55. The highest BCUT2D eigenvalue weighted by molar-refractivity contribution is 6.99. The lowest BCUT2D eigenvalue weighted by atomic mass is 10.0. The Morgan fingerprint density at radius 1 is 1.03 bits per heavy atom. The number of aliphatic hydroxyl groups excluding tert-OH is 1. The summed E-state index contributed by atoms with van der Waals surface area (Å²) < 4.78 is 12.2. The van der Waals surface area contributed by atoms with E-state index in [9.17, 15) is 9.90 Å². The van der Waals surface area contributed by atoms with Crippen LogP contribution in [-0.2, 0) is 14.0 Å². The Morgan fingerprint density at radius 3 is 1.97 bits per heavy atom. The molecule has 0 spiro atoms. The van der Waals surface area contributed by atoms with Crippen molar-refractivity contribution in [3.63, 3.8) is 0 Å². The molecule has 0 saturated carbocycles. The van der Waals surface area contributed by atoms with Gasteiger partial charge >= 0.3 is 5.97 Å². The molecule has 4 nitrogen and oxygen atoms in total. The third-order valence-corrected chi connectivity index (χ3v) is 11.2. The second kappa shape index (κ2) is 9.41. The van der Waals surface area contributed by atoms with Crippen molar-refractivity contribution in [2.24, 2.45) is 5.92 Å². The van der Waals surface area contributed by atoms with Gasteiger partial charge in [-0.15, -0.1) is 0 Å². The molecular formula is C26H34O4Si. The summed E-state index contributed by atoms with van der Waals surface area (Å²) in [5.74, 6) is -0.0853. The van der Waals surface area contributed by atoms with E-state index in [0.29, 0.717) is 18.6 Å². The molecule has 1 aliphatic rings. The molecule has 1 aliphatic heterocycles. The number of ether oxygens (including phenoxy) is 1. The van der Waals surface area contributed by atoms with E-state index >= 15 is 0 Å². The lowest BCUT2D eigenvalue weighted by Crippen LogP contribution is -2.66. The van der Waals surface area contributed by atoms with Crippen molar-refractivity contribution < 1.29 is 19.1 Å². The predicted octanol–water partition coefficient (Wildman–Crippen LogP) is 4.74. The number of carbonyl (C=O) groups is 1. The molecule has 166 valence electrons. The molecule has 1 N–H and O–H groups in total. The average molecular weight is 439 g/mol. The maximum absolute atomic E-state index is 11.7. The van der Waals surface area contributed by atoms with Crippen LogP contribution < -0.4 is 10.4 Å². The van der Waals surface area contributed by atoms with Crippen molar-refractivity contribution in [2.75, 3.05) is 6.61 Å². The highest BCUT2D eigenvalue weighted by Crippen LogP contribution is 2.37. The second-order valence-corrected chi connectivity index (χ2v) is 13.9. The van der Waals surface area contributed by atoms with Crippen molar-refractivity contribution in [3.05, 3.63) is 72.0 Å². The number of carbonyl (C=O) groups excluding carboxylic acids is 1. The monoisotopic (exact) mass is 438 g/mol. The summed E-state index contributed by atoms with van der Waals surface area (Å²) in [6.07, 6.45) is 0.871. The second-order valence-electron chi connectivity index (χ2n) is 9.56. The summed E-state index contributed by atoms with van der Waals surface area (Å²) in [5.41, 5.74) is 0.321. The van der Waals surface area contributed by atoms with Crippen LogP contribution in [-0.4, -0.2) is 32.1 Å². The van der Waals surface area contributed by atoms with Gasteiger partial charge in [0, 0.05) is 6.61 Å². The Bertz CT molecular complexity index is 876. The molecule has 0 aromatic heterocycles. The number of aliphatic hydroxyl groups is 1. The van der Waals surface area contributed by atoms with Gasteiger partial charge in [-0.1, -0.05) is 88.4 Å². The third-order valence-electron chi connectivity index (χ3n) is 6.17. The highest BCUT2D eigenvalue weighted by atomic mass is 28.4. The number of rotatable bonds is 8. The summed E-state index contributed by atoms with van der Waals surface area (Å²) in [6, 6.07) is 21.2. The largest absolute Gasteiger partial charge is 0.508 e. The molecule has 2 unspecified atom stereocenters. The SMILES string of the molecule is CC1=C(O)C(CCC(C)CO[Si](c2ccccc2)(c2ccccc2)C(C)(C)C)OC1=O. The van der Waals surface area contributed by atoms with Gasteiger partial charge in [-0.2, -0.15) is 0 Å². The van der Waals surface area contributed by atoms with E-state index in [1.807, 2.05) is 12.1 Å². The number of hydrogen-bond donors (Lipinski definition) is 1. The van der Waals surface area contributed by atoms with Crippen molar-refractivity contribution in [3.8, 4) is 0 Å². The fraction of sp³-hybridized carbons (Fsp3) is 0.423. The molecule has 5 heteroatoms. The van der Waals surface area contributed by atoms with Crippen molar-refractivity contribution >= 4 is 24.7 Å². The van der Waals surface area contributed by atoms with Crippen LogP contribution in [0.3, 0.4) is 0 Å². The van der Waals surface area contributed by atoms with Gasteiger partial charge in [-0.3, -0.25) is 0 Å². The van der Waals surface area contributed by atoms with E-state index in [1.54, 1.807) is 6.92 Å². The van der Waals surface area contributed by atoms with Gasteiger partial charge < -0.3 is 14.3 Å². The van der Waals surface area contributed by atoms with Gasteiger partial charge in [-0.05, 0) is 41.1 Å². The fourth-order valence-electron chi connectivity index (χ4n) is 4.36. The smallest absolute Gasteiger partial charge is 0.337 e. The van der Waals surface area contributed by atoms with Crippen LogP contribution in [0, 0.1) is 5.92 Å². The van der Waals surface area contributed by atoms with Crippen LogP contribution in [0.4, 0.5) is 0 Å². The lowest BCUT2D eigenvalue weighted by molar-refractivity contribution is -0.140. The molecule has 3 rings (SSSR count). The molecule has 0 fully saturated rings. The van der Waals surface area contributed by atoms with Gasteiger partial charge in [0.25, 0.3) is 8.32 Å². The van der Waals surface area contributed by atoms with Gasteiger partial charge in [-0.25, -0.2) is 4.79 Å². The molecule has 2 aromatic rings. The first-order chi connectivity index (χ1) is 14.7. The predicted molar refractivity (Wildman–Crippen MR) is 127 cm³/mol. The average Bonchev–Trinajstić information content (AvgIpc) is 3.00. The molecule has 0 saturated heterocycles. The Labute approximate surface area is 187 Å². The number of hydrogen-bond acceptors (Lipinski definition) is 4. The van der Waals surface area contributed by atoms with Crippen LogP contribution in [0.25, 0.3) is 0 Å². The topological polar surface area (TPSA) is 55.8 Å². The maximum Gasteiger partial charge on any atom is 0.337 e.